The second-order valence-corrected chi connectivity index (χ2v) is 3.67. The Kier molecular flexibility index (Phi) is 7.45. The first kappa shape index (κ1) is 11.9. The Morgan fingerprint density at radius 3 is 2.25 bits per heavy atom. The second-order valence-electron chi connectivity index (χ2n) is 2.79. The average molecular weight is 277 g/mol. The molecule has 0 heterocycles. The van der Waals surface area contributed by atoms with E-state index in [4.69, 9.17) is 5.41 Å². The van der Waals surface area contributed by atoms with Crippen molar-refractivity contribution in [3.63, 3.8) is 0 Å². The van der Waals surface area contributed by atoms with E-state index in [1.807, 2.05) is 12.2 Å². The molecule has 0 saturated heterocycles. The molecule has 0 radical (unpaired) electrons. The van der Waals surface area contributed by atoms with Gasteiger partial charge in [0.05, 0.1) is 0 Å². The van der Waals surface area contributed by atoms with Crippen molar-refractivity contribution >= 4 is 28.8 Å². The van der Waals surface area contributed by atoms with Gasteiger partial charge in [-0.2, -0.15) is 0 Å². The van der Waals surface area contributed by atoms with Crippen LogP contribution in [0.4, 0.5) is 0 Å². The fraction of sp³-hybridized carbons (Fsp3) is 0.500. The van der Waals surface area contributed by atoms with E-state index in [0.717, 1.165) is 17.3 Å². The normalized spacial score (nSPS) is 14.8. The van der Waals surface area contributed by atoms with Crippen LogP contribution in [-0.4, -0.2) is 10.6 Å². The fourth-order valence-corrected chi connectivity index (χ4v) is 1.73. The standard InChI is InChI=1S/C10H16IN/c1-3-9(7-11)5-6-10(4-2)8-12/h3-4,8-10,12H,1-2,5-7H2/t9-,10?/m0/s1. The number of hydrogen-bond acceptors (Lipinski definition) is 1. The average Bonchev–Trinajstić information content (AvgIpc) is 2.13. The molecule has 0 aliphatic rings. The molecule has 0 fully saturated rings. The number of alkyl halides is 1. The largest absolute Gasteiger partial charge is 0.312 e. The Morgan fingerprint density at radius 2 is 1.92 bits per heavy atom. The lowest BCUT2D eigenvalue weighted by molar-refractivity contribution is 0.592. The van der Waals surface area contributed by atoms with Gasteiger partial charge in [0.25, 0.3) is 0 Å². The monoisotopic (exact) mass is 277 g/mol. The van der Waals surface area contributed by atoms with E-state index in [-0.39, 0.29) is 5.92 Å². The van der Waals surface area contributed by atoms with Crippen molar-refractivity contribution < 1.29 is 0 Å². The van der Waals surface area contributed by atoms with E-state index in [0.29, 0.717) is 5.92 Å². The smallest absolute Gasteiger partial charge is 0.0112 e. The molecule has 1 nitrogen and oxygen atoms in total. The van der Waals surface area contributed by atoms with Crippen molar-refractivity contribution in [1.82, 2.24) is 0 Å². The van der Waals surface area contributed by atoms with E-state index in [9.17, 15) is 0 Å². The number of halogens is 1. The van der Waals surface area contributed by atoms with Crippen molar-refractivity contribution in [3.05, 3.63) is 25.3 Å². The van der Waals surface area contributed by atoms with Crippen LogP contribution in [0.1, 0.15) is 12.8 Å². The quantitative estimate of drug-likeness (QED) is 0.319. The molecule has 0 aromatic rings. The fourth-order valence-electron chi connectivity index (χ4n) is 0.934. The van der Waals surface area contributed by atoms with Gasteiger partial charge in [-0.05, 0) is 18.8 Å². The van der Waals surface area contributed by atoms with Crippen molar-refractivity contribution in [3.8, 4) is 0 Å². The Morgan fingerprint density at radius 1 is 1.25 bits per heavy atom. The molecule has 0 rings (SSSR count). The van der Waals surface area contributed by atoms with E-state index in [1.54, 1.807) is 0 Å². The van der Waals surface area contributed by atoms with Gasteiger partial charge in [-0.1, -0.05) is 34.7 Å². The molecular formula is C10H16IN. The molecule has 0 amide bonds. The molecule has 1 N–H and O–H groups in total. The Labute approximate surface area is 88.6 Å². The van der Waals surface area contributed by atoms with E-state index in [2.05, 4.69) is 35.7 Å². The molecule has 12 heavy (non-hydrogen) atoms. The number of hydrogen-bond donors (Lipinski definition) is 1. The molecule has 2 atom stereocenters. The highest BCUT2D eigenvalue weighted by molar-refractivity contribution is 14.1. The summed E-state index contributed by atoms with van der Waals surface area (Å²) in [5.74, 6) is 0.836. The van der Waals surface area contributed by atoms with Gasteiger partial charge in [0, 0.05) is 16.6 Å². The maximum absolute atomic E-state index is 7.09. The molecule has 1 unspecified atom stereocenters. The van der Waals surface area contributed by atoms with Crippen LogP contribution in [-0.2, 0) is 0 Å². The van der Waals surface area contributed by atoms with Crippen LogP contribution >= 0.6 is 22.6 Å². The molecule has 0 saturated carbocycles. The van der Waals surface area contributed by atoms with Gasteiger partial charge in [-0.15, -0.1) is 13.2 Å². The number of rotatable bonds is 7. The van der Waals surface area contributed by atoms with E-state index < -0.39 is 0 Å². The summed E-state index contributed by atoms with van der Waals surface area (Å²) in [6.07, 6.45) is 7.42. The first-order valence-corrected chi connectivity index (χ1v) is 5.62. The first-order valence-electron chi connectivity index (χ1n) is 4.10. The molecule has 0 spiro atoms. The van der Waals surface area contributed by atoms with Crippen LogP contribution in [0.3, 0.4) is 0 Å². The highest BCUT2D eigenvalue weighted by Crippen LogP contribution is 2.15. The summed E-state index contributed by atoms with van der Waals surface area (Å²) in [6, 6.07) is 0. The third kappa shape index (κ3) is 4.70. The predicted octanol–water partition coefficient (Wildman–Crippen LogP) is 3.46. The second kappa shape index (κ2) is 7.53. The lowest BCUT2D eigenvalue weighted by Gasteiger charge is -2.10. The van der Waals surface area contributed by atoms with Crippen LogP contribution < -0.4 is 0 Å². The summed E-state index contributed by atoms with van der Waals surface area (Å²) >= 11 is 2.37. The van der Waals surface area contributed by atoms with Gasteiger partial charge in [0.15, 0.2) is 0 Å². The minimum absolute atomic E-state index is 0.246. The molecule has 68 valence electrons. The maximum atomic E-state index is 7.09. The highest BCUT2D eigenvalue weighted by Gasteiger charge is 2.05. The Balaban J connectivity index is 3.69. The van der Waals surface area contributed by atoms with Crippen LogP contribution in [0.25, 0.3) is 0 Å². The summed E-state index contributed by atoms with van der Waals surface area (Å²) in [6.45, 7) is 7.46. The van der Waals surface area contributed by atoms with Gasteiger partial charge in [-0.25, -0.2) is 0 Å². The van der Waals surface area contributed by atoms with Gasteiger partial charge in [0.1, 0.15) is 0 Å². The zero-order chi connectivity index (χ0) is 9.40. The van der Waals surface area contributed by atoms with E-state index >= 15 is 0 Å². The highest BCUT2D eigenvalue weighted by atomic mass is 127. The van der Waals surface area contributed by atoms with E-state index in [1.165, 1.54) is 6.21 Å². The van der Waals surface area contributed by atoms with Gasteiger partial charge >= 0.3 is 0 Å². The summed E-state index contributed by atoms with van der Waals surface area (Å²) < 4.78 is 1.11. The molecule has 0 aliphatic carbocycles. The summed E-state index contributed by atoms with van der Waals surface area (Å²) in [5, 5.41) is 7.09. The first-order chi connectivity index (χ1) is 5.78. The predicted molar refractivity (Wildman–Crippen MR) is 64.3 cm³/mol. The Hall–Kier alpha value is -0.120. The number of nitrogens with one attached hydrogen (secondary N) is 1. The van der Waals surface area contributed by atoms with Gasteiger partial charge in [-0.3, -0.25) is 0 Å². The van der Waals surface area contributed by atoms with Gasteiger partial charge in [0.2, 0.25) is 0 Å². The minimum atomic E-state index is 0.246. The Bertz CT molecular complexity index is 146. The molecule has 0 bridgehead atoms. The maximum Gasteiger partial charge on any atom is 0.0112 e. The summed E-state index contributed by atoms with van der Waals surface area (Å²) in [7, 11) is 0. The summed E-state index contributed by atoms with van der Waals surface area (Å²) in [5.41, 5.74) is 0. The topological polar surface area (TPSA) is 23.9 Å². The van der Waals surface area contributed by atoms with Crippen LogP contribution in [0.2, 0.25) is 0 Å². The molecule has 0 aliphatic heterocycles. The third-order valence-electron chi connectivity index (χ3n) is 1.92. The van der Waals surface area contributed by atoms with Gasteiger partial charge < -0.3 is 5.41 Å². The van der Waals surface area contributed by atoms with Crippen molar-refractivity contribution in [1.29, 1.82) is 5.41 Å². The van der Waals surface area contributed by atoms with Crippen molar-refractivity contribution in [2.24, 2.45) is 11.8 Å². The minimum Gasteiger partial charge on any atom is -0.312 e. The lowest BCUT2D eigenvalue weighted by atomic mass is 9.98. The summed E-state index contributed by atoms with van der Waals surface area (Å²) in [4.78, 5) is 0. The number of allylic oxidation sites excluding steroid dienone is 2. The zero-order valence-electron chi connectivity index (χ0n) is 7.30. The molecule has 2 heteroatoms. The lowest BCUT2D eigenvalue weighted by Crippen LogP contribution is -2.03. The van der Waals surface area contributed by atoms with Crippen molar-refractivity contribution in [2.45, 2.75) is 12.8 Å². The third-order valence-corrected chi connectivity index (χ3v) is 3.05. The molecule has 0 aromatic heterocycles. The van der Waals surface area contributed by atoms with Crippen LogP contribution in [0.5, 0.6) is 0 Å². The SMILES string of the molecule is C=CC(C=N)CC[C@H](C=C)CI. The zero-order valence-corrected chi connectivity index (χ0v) is 9.46. The van der Waals surface area contributed by atoms with Crippen molar-refractivity contribution in [2.75, 3.05) is 4.43 Å². The molecular weight excluding hydrogens is 261 g/mol. The van der Waals surface area contributed by atoms with Crippen LogP contribution in [0.15, 0.2) is 25.3 Å². The molecule has 0 aromatic carbocycles. The van der Waals surface area contributed by atoms with Crippen LogP contribution in [0, 0.1) is 17.2 Å².